The summed E-state index contributed by atoms with van der Waals surface area (Å²) in [5.74, 6) is 1.52. The van der Waals surface area contributed by atoms with Crippen LogP contribution in [0.15, 0.2) is 65.1 Å². The van der Waals surface area contributed by atoms with E-state index < -0.39 is 0 Å². The molecule has 1 N–H and O–H groups in total. The monoisotopic (exact) mass is 430 g/mol. The molecule has 0 aliphatic rings. The minimum absolute atomic E-state index is 0.327. The number of methoxy groups -OCH3 is 2. The number of benzene rings is 3. The van der Waals surface area contributed by atoms with Crippen LogP contribution in [-0.2, 0) is 0 Å². The number of ether oxygens (including phenoxy) is 2. The van der Waals surface area contributed by atoms with Crippen LogP contribution >= 0.6 is 0 Å². The minimum atomic E-state index is -0.327. The first kappa shape index (κ1) is 21.4. The van der Waals surface area contributed by atoms with Crippen molar-refractivity contribution in [1.29, 1.82) is 0 Å². The second-order valence-electron chi connectivity index (χ2n) is 7.63. The highest BCUT2D eigenvalue weighted by Crippen LogP contribution is 2.31. The second kappa shape index (κ2) is 9.14. The lowest BCUT2D eigenvalue weighted by molar-refractivity contribution is 0.102. The zero-order valence-electron chi connectivity index (χ0n) is 18.6. The van der Waals surface area contributed by atoms with Gasteiger partial charge < -0.3 is 19.2 Å². The maximum atomic E-state index is 13.0. The van der Waals surface area contributed by atoms with Crippen LogP contribution in [0, 0.1) is 0 Å². The Balaban J connectivity index is 1.63. The van der Waals surface area contributed by atoms with E-state index in [0.717, 1.165) is 23.1 Å². The summed E-state index contributed by atoms with van der Waals surface area (Å²) in [4.78, 5) is 17.7. The average Bonchev–Trinajstić information content (AvgIpc) is 3.26. The largest absolute Gasteiger partial charge is 0.496 e. The number of carbonyl (C=O) groups is 1. The summed E-state index contributed by atoms with van der Waals surface area (Å²) in [5.41, 5.74) is 4.53. The molecule has 4 aromatic rings. The first-order valence-corrected chi connectivity index (χ1v) is 10.6. The van der Waals surface area contributed by atoms with E-state index in [1.54, 1.807) is 18.2 Å². The van der Waals surface area contributed by atoms with Crippen molar-refractivity contribution in [2.45, 2.75) is 26.2 Å². The number of rotatable bonds is 7. The van der Waals surface area contributed by atoms with Crippen molar-refractivity contribution in [3.8, 4) is 23.0 Å². The Morgan fingerprint density at radius 2 is 1.75 bits per heavy atom. The van der Waals surface area contributed by atoms with Crippen molar-refractivity contribution < 1.29 is 18.7 Å². The number of carbonyl (C=O) groups excluding carboxylic acids is 1. The van der Waals surface area contributed by atoms with Gasteiger partial charge in [0.2, 0.25) is 5.89 Å². The van der Waals surface area contributed by atoms with Crippen LogP contribution in [0.5, 0.6) is 11.5 Å². The molecule has 32 heavy (non-hydrogen) atoms. The molecule has 0 fully saturated rings. The van der Waals surface area contributed by atoms with E-state index in [1.807, 2.05) is 30.3 Å². The molecule has 0 saturated heterocycles. The van der Waals surface area contributed by atoms with Crippen molar-refractivity contribution >= 4 is 22.7 Å². The number of aromatic nitrogens is 1. The van der Waals surface area contributed by atoms with E-state index in [2.05, 4.69) is 36.3 Å². The highest BCUT2D eigenvalue weighted by molar-refractivity contribution is 6.08. The second-order valence-corrected chi connectivity index (χ2v) is 7.63. The van der Waals surface area contributed by atoms with Crippen LogP contribution < -0.4 is 14.8 Å². The summed E-state index contributed by atoms with van der Waals surface area (Å²) in [6.45, 7) is 4.37. The van der Waals surface area contributed by atoms with Crippen molar-refractivity contribution in [3.63, 3.8) is 0 Å². The fourth-order valence-electron chi connectivity index (χ4n) is 3.61. The molecule has 0 bridgehead atoms. The number of oxazole rings is 1. The normalized spacial score (nSPS) is 11.9. The third-order valence-corrected chi connectivity index (χ3v) is 5.62. The fourth-order valence-corrected chi connectivity index (χ4v) is 3.61. The lowest BCUT2D eigenvalue weighted by Crippen LogP contribution is -2.14. The van der Waals surface area contributed by atoms with Crippen molar-refractivity contribution in [1.82, 2.24) is 4.98 Å². The van der Waals surface area contributed by atoms with Crippen LogP contribution in [0.3, 0.4) is 0 Å². The molecule has 0 radical (unpaired) electrons. The Kier molecular flexibility index (Phi) is 6.12. The summed E-state index contributed by atoms with van der Waals surface area (Å²) in [6.07, 6.45) is 1.06. The quantitative estimate of drug-likeness (QED) is 0.374. The van der Waals surface area contributed by atoms with Gasteiger partial charge in [0, 0.05) is 11.3 Å². The van der Waals surface area contributed by atoms with Gasteiger partial charge in [-0.2, -0.15) is 0 Å². The molecular formula is C26H26N2O4. The van der Waals surface area contributed by atoms with E-state index in [9.17, 15) is 4.79 Å². The summed E-state index contributed by atoms with van der Waals surface area (Å²) >= 11 is 0. The zero-order chi connectivity index (χ0) is 22.7. The molecule has 6 nitrogen and oxygen atoms in total. The Bertz CT molecular complexity index is 1240. The lowest BCUT2D eigenvalue weighted by atomic mass is 9.98. The molecule has 0 spiro atoms. The number of nitrogens with zero attached hydrogens (tertiary/aromatic N) is 1. The SMILES string of the molecule is CC[C@@H](C)c1ccc2oc(-c3cccc(NC(=O)c4c(OC)cccc4OC)c3)nc2c1. The maximum Gasteiger partial charge on any atom is 0.263 e. The Labute approximate surface area is 187 Å². The van der Waals surface area contributed by atoms with Crippen LogP contribution in [0.2, 0.25) is 0 Å². The molecule has 4 rings (SSSR count). The van der Waals surface area contributed by atoms with E-state index in [-0.39, 0.29) is 5.91 Å². The number of anilines is 1. The van der Waals surface area contributed by atoms with Crippen molar-refractivity contribution in [2.24, 2.45) is 0 Å². The van der Waals surface area contributed by atoms with Gasteiger partial charge in [0.25, 0.3) is 5.91 Å². The summed E-state index contributed by atoms with van der Waals surface area (Å²) in [7, 11) is 3.04. The molecule has 1 amide bonds. The molecule has 0 aliphatic carbocycles. The van der Waals surface area contributed by atoms with Crippen LogP contribution in [0.1, 0.15) is 42.1 Å². The van der Waals surface area contributed by atoms with Gasteiger partial charge in [-0.3, -0.25) is 4.79 Å². The maximum absolute atomic E-state index is 13.0. The molecule has 0 unspecified atom stereocenters. The van der Waals surface area contributed by atoms with E-state index in [1.165, 1.54) is 19.8 Å². The van der Waals surface area contributed by atoms with Gasteiger partial charge in [0.15, 0.2) is 5.58 Å². The van der Waals surface area contributed by atoms with Crippen molar-refractivity contribution in [2.75, 3.05) is 19.5 Å². The molecule has 6 heteroatoms. The molecular weight excluding hydrogens is 404 g/mol. The Morgan fingerprint density at radius 3 is 2.44 bits per heavy atom. The first-order valence-electron chi connectivity index (χ1n) is 10.6. The molecule has 164 valence electrons. The first-order chi connectivity index (χ1) is 15.5. The van der Waals surface area contributed by atoms with E-state index in [0.29, 0.717) is 34.6 Å². The molecule has 0 saturated carbocycles. The van der Waals surface area contributed by atoms with Crippen LogP contribution in [-0.4, -0.2) is 25.1 Å². The Hall–Kier alpha value is -3.80. The van der Waals surface area contributed by atoms with Gasteiger partial charge >= 0.3 is 0 Å². The number of amides is 1. The predicted molar refractivity (Wildman–Crippen MR) is 126 cm³/mol. The van der Waals surface area contributed by atoms with E-state index in [4.69, 9.17) is 13.9 Å². The van der Waals surface area contributed by atoms with Gasteiger partial charge in [-0.05, 0) is 60.4 Å². The smallest absolute Gasteiger partial charge is 0.263 e. The van der Waals surface area contributed by atoms with Crippen molar-refractivity contribution in [3.05, 3.63) is 71.8 Å². The van der Waals surface area contributed by atoms with Gasteiger partial charge in [-0.25, -0.2) is 4.98 Å². The van der Waals surface area contributed by atoms with Gasteiger partial charge in [0.1, 0.15) is 22.6 Å². The van der Waals surface area contributed by atoms with Gasteiger partial charge in [0.05, 0.1) is 14.2 Å². The van der Waals surface area contributed by atoms with Gasteiger partial charge in [-0.1, -0.05) is 32.0 Å². The summed E-state index contributed by atoms with van der Waals surface area (Å²) in [6, 6.07) is 18.7. The standard InChI is InChI=1S/C26H26N2O4/c1-5-16(2)17-12-13-21-20(15-17)28-26(32-21)18-8-6-9-19(14-18)27-25(29)24-22(30-3)10-7-11-23(24)31-4/h6-16H,5H2,1-4H3,(H,27,29)/t16-/m1/s1. The molecule has 1 heterocycles. The van der Waals surface area contributed by atoms with Crippen LogP contribution in [0.4, 0.5) is 5.69 Å². The zero-order valence-corrected chi connectivity index (χ0v) is 18.6. The average molecular weight is 431 g/mol. The van der Waals surface area contributed by atoms with E-state index >= 15 is 0 Å². The minimum Gasteiger partial charge on any atom is -0.496 e. The third kappa shape index (κ3) is 4.17. The van der Waals surface area contributed by atoms with Gasteiger partial charge in [-0.15, -0.1) is 0 Å². The van der Waals surface area contributed by atoms with Crippen LogP contribution in [0.25, 0.3) is 22.6 Å². The number of nitrogens with one attached hydrogen (secondary N) is 1. The molecule has 1 aromatic heterocycles. The molecule has 3 aromatic carbocycles. The Morgan fingerprint density at radius 1 is 1.03 bits per heavy atom. The summed E-state index contributed by atoms with van der Waals surface area (Å²) < 4.78 is 16.7. The number of hydrogen-bond acceptors (Lipinski definition) is 5. The molecule has 0 aliphatic heterocycles. The highest BCUT2D eigenvalue weighted by Gasteiger charge is 2.19. The number of fused-ring (bicyclic) bond motifs is 1. The summed E-state index contributed by atoms with van der Waals surface area (Å²) in [5, 5.41) is 2.91. The number of hydrogen-bond donors (Lipinski definition) is 1. The highest BCUT2D eigenvalue weighted by atomic mass is 16.5. The topological polar surface area (TPSA) is 73.6 Å². The fraction of sp³-hybridized carbons (Fsp3) is 0.231. The third-order valence-electron chi connectivity index (χ3n) is 5.62. The lowest BCUT2D eigenvalue weighted by Gasteiger charge is -2.13. The predicted octanol–water partition coefficient (Wildman–Crippen LogP) is 6.28. The molecule has 1 atom stereocenters.